The van der Waals surface area contributed by atoms with Gasteiger partial charge in [-0.3, -0.25) is 14.4 Å². The van der Waals surface area contributed by atoms with Crippen LogP contribution >= 0.6 is 11.8 Å². The number of thioether (sulfide) groups is 1. The van der Waals surface area contributed by atoms with Crippen molar-refractivity contribution in [3.8, 4) is 0 Å². The van der Waals surface area contributed by atoms with Gasteiger partial charge in [0.2, 0.25) is 17.7 Å². The molecule has 0 heterocycles. The summed E-state index contributed by atoms with van der Waals surface area (Å²) >= 11 is 1.60. The van der Waals surface area contributed by atoms with E-state index in [0.29, 0.717) is 12.8 Å². The van der Waals surface area contributed by atoms with E-state index in [2.05, 4.69) is 16.0 Å². The number of carbonyl (C=O) groups excluding carboxylic acids is 3. The highest BCUT2D eigenvalue weighted by Gasteiger charge is 2.25. The lowest BCUT2D eigenvalue weighted by atomic mass is 10.1. The number of hydrogen-bond donors (Lipinski definition) is 3. The summed E-state index contributed by atoms with van der Waals surface area (Å²) in [5.74, 6) is 0.0109. The van der Waals surface area contributed by atoms with Gasteiger partial charge in [0.05, 0.1) is 0 Å². The summed E-state index contributed by atoms with van der Waals surface area (Å²) in [7, 11) is 0. The molecule has 3 amide bonds. The average Bonchev–Trinajstić information content (AvgIpc) is 2.40. The smallest absolute Gasteiger partial charge is 0.243 e. The number of hydrogen-bond acceptors (Lipinski definition) is 4. The van der Waals surface area contributed by atoms with Gasteiger partial charge in [-0.15, -0.1) is 0 Å². The van der Waals surface area contributed by atoms with E-state index in [1.54, 1.807) is 25.6 Å². The molecule has 0 saturated carbocycles. The summed E-state index contributed by atoms with van der Waals surface area (Å²) in [6.07, 6.45) is 2.80. The molecule has 0 aromatic carbocycles. The molecule has 0 bridgehead atoms. The Labute approximate surface area is 137 Å². The predicted molar refractivity (Wildman–Crippen MR) is 90.7 cm³/mol. The van der Waals surface area contributed by atoms with Crippen molar-refractivity contribution in [1.29, 1.82) is 0 Å². The zero-order valence-electron chi connectivity index (χ0n) is 14.4. The van der Waals surface area contributed by atoms with Crippen LogP contribution in [0, 0.1) is 0 Å². The molecule has 0 aliphatic heterocycles. The fraction of sp³-hybridized carbons (Fsp3) is 0.800. The number of carbonyl (C=O) groups is 3. The Balaban J connectivity index is 4.65. The minimum atomic E-state index is -0.651. The number of rotatable bonds is 8. The first-order valence-electron chi connectivity index (χ1n) is 7.51. The quantitative estimate of drug-likeness (QED) is 0.620. The van der Waals surface area contributed by atoms with E-state index in [1.807, 2.05) is 27.0 Å². The van der Waals surface area contributed by atoms with Crippen molar-refractivity contribution in [2.24, 2.45) is 0 Å². The Bertz CT molecular complexity index is 394. The van der Waals surface area contributed by atoms with Crippen LogP contribution in [0.1, 0.15) is 47.5 Å². The monoisotopic (exact) mass is 331 g/mol. The van der Waals surface area contributed by atoms with E-state index in [9.17, 15) is 14.4 Å². The van der Waals surface area contributed by atoms with E-state index in [4.69, 9.17) is 0 Å². The summed E-state index contributed by atoms with van der Waals surface area (Å²) in [6, 6.07) is -1.26. The Morgan fingerprint density at radius 2 is 1.68 bits per heavy atom. The minimum Gasteiger partial charge on any atom is -0.350 e. The van der Waals surface area contributed by atoms with Crippen LogP contribution in [-0.2, 0) is 14.4 Å². The molecular weight excluding hydrogens is 302 g/mol. The van der Waals surface area contributed by atoms with Crippen molar-refractivity contribution in [3.05, 3.63) is 0 Å². The van der Waals surface area contributed by atoms with Crippen LogP contribution in [-0.4, -0.2) is 47.4 Å². The van der Waals surface area contributed by atoms with Crippen molar-refractivity contribution < 1.29 is 14.4 Å². The molecule has 0 radical (unpaired) electrons. The molecule has 0 aromatic heterocycles. The summed E-state index contributed by atoms with van der Waals surface area (Å²) in [5, 5.41) is 8.18. The van der Waals surface area contributed by atoms with Crippen LogP contribution in [0.15, 0.2) is 0 Å². The lowest BCUT2D eigenvalue weighted by molar-refractivity contribution is -0.132. The van der Waals surface area contributed by atoms with Crippen LogP contribution in [0.4, 0.5) is 0 Å². The van der Waals surface area contributed by atoms with Crippen LogP contribution in [0.3, 0.4) is 0 Å². The summed E-state index contributed by atoms with van der Waals surface area (Å²) in [5.41, 5.74) is -0.356. The van der Waals surface area contributed by atoms with Crippen LogP contribution in [0.2, 0.25) is 0 Å². The average molecular weight is 331 g/mol. The Morgan fingerprint density at radius 1 is 1.09 bits per heavy atom. The molecule has 0 fully saturated rings. The second-order valence-electron chi connectivity index (χ2n) is 6.22. The zero-order valence-corrected chi connectivity index (χ0v) is 15.2. The summed E-state index contributed by atoms with van der Waals surface area (Å²) in [4.78, 5) is 35.8. The van der Waals surface area contributed by atoms with Crippen LogP contribution in [0.25, 0.3) is 0 Å². The van der Waals surface area contributed by atoms with Crippen molar-refractivity contribution in [2.45, 2.75) is 65.1 Å². The van der Waals surface area contributed by atoms with E-state index < -0.39 is 12.1 Å². The first kappa shape index (κ1) is 20.8. The van der Waals surface area contributed by atoms with Gasteiger partial charge in [0.15, 0.2) is 0 Å². The Hall–Kier alpha value is -1.24. The van der Waals surface area contributed by atoms with Gasteiger partial charge in [-0.05, 0) is 46.1 Å². The lowest BCUT2D eigenvalue weighted by Gasteiger charge is -2.25. The third-order valence-corrected chi connectivity index (χ3v) is 3.48. The van der Waals surface area contributed by atoms with Crippen LogP contribution < -0.4 is 16.0 Å². The molecule has 22 heavy (non-hydrogen) atoms. The molecule has 6 nitrogen and oxygen atoms in total. The predicted octanol–water partition coefficient (Wildman–Crippen LogP) is 1.05. The third-order valence-electron chi connectivity index (χ3n) is 2.83. The van der Waals surface area contributed by atoms with Crippen molar-refractivity contribution in [2.75, 3.05) is 12.0 Å². The largest absolute Gasteiger partial charge is 0.350 e. The third kappa shape index (κ3) is 8.92. The second kappa shape index (κ2) is 9.71. The highest BCUT2D eigenvalue weighted by Crippen LogP contribution is 2.03. The molecule has 2 atom stereocenters. The number of nitrogens with one attached hydrogen (secondary N) is 3. The van der Waals surface area contributed by atoms with Gasteiger partial charge < -0.3 is 16.0 Å². The van der Waals surface area contributed by atoms with Crippen LogP contribution in [0.5, 0.6) is 0 Å². The van der Waals surface area contributed by atoms with Gasteiger partial charge in [0.1, 0.15) is 12.1 Å². The van der Waals surface area contributed by atoms with E-state index >= 15 is 0 Å². The van der Waals surface area contributed by atoms with E-state index in [0.717, 1.165) is 5.75 Å². The molecular formula is C15H29N3O3S. The highest BCUT2D eigenvalue weighted by atomic mass is 32.2. The van der Waals surface area contributed by atoms with Gasteiger partial charge in [-0.25, -0.2) is 0 Å². The fourth-order valence-corrected chi connectivity index (χ4v) is 2.13. The molecule has 128 valence electrons. The maximum Gasteiger partial charge on any atom is 0.243 e. The van der Waals surface area contributed by atoms with Crippen molar-refractivity contribution in [1.82, 2.24) is 16.0 Å². The first-order chi connectivity index (χ1) is 10.1. The minimum absolute atomic E-state index is 0.173. The summed E-state index contributed by atoms with van der Waals surface area (Å²) < 4.78 is 0. The summed E-state index contributed by atoms with van der Waals surface area (Å²) in [6.45, 7) is 9.00. The molecule has 0 saturated heterocycles. The van der Waals surface area contributed by atoms with Gasteiger partial charge in [-0.2, -0.15) is 11.8 Å². The zero-order chi connectivity index (χ0) is 17.3. The Morgan fingerprint density at radius 3 is 2.14 bits per heavy atom. The van der Waals surface area contributed by atoms with E-state index in [-0.39, 0.29) is 23.3 Å². The lowest BCUT2D eigenvalue weighted by Crippen LogP contribution is -2.55. The molecule has 3 N–H and O–H groups in total. The normalized spacial score (nSPS) is 13.9. The molecule has 0 aromatic rings. The molecule has 0 rings (SSSR count). The second-order valence-corrected chi connectivity index (χ2v) is 7.21. The van der Waals surface area contributed by atoms with E-state index in [1.165, 1.54) is 0 Å². The molecule has 0 aliphatic carbocycles. The molecule has 2 unspecified atom stereocenters. The maximum absolute atomic E-state index is 12.3. The maximum atomic E-state index is 12.3. The molecule has 0 aliphatic rings. The van der Waals surface area contributed by atoms with Gasteiger partial charge in [-0.1, -0.05) is 6.92 Å². The van der Waals surface area contributed by atoms with Gasteiger partial charge in [0, 0.05) is 12.0 Å². The molecule has 0 spiro atoms. The SMILES string of the molecule is CCC(=O)NC(CCSC)C(=O)NC(C)C(=O)NC(C)(C)C. The standard InChI is InChI=1S/C15H29N3O3S/c1-7-12(19)17-11(8-9-22-6)14(21)16-10(2)13(20)18-15(3,4)5/h10-11H,7-9H2,1-6H3,(H,16,21)(H,17,19)(H,18,20). The highest BCUT2D eigenvalue weighted by molar-refractivity contribution is 7.98. The van der Waals surface area contributed by atoms with Crippen molar-refractivity contribution >= 4 is 29.5 Å². The Kier molecular flexibility index (Phi) is 9.16. The van der Waals surface area contributed by atoms with Gasteiger partial charge >= 0.3 is 0 Å². The number of amides is 3. The van der Waals surface area contributed by atoms with Gasteiger partial charge in [0.25, 0.3) is 0 Å². The fourth-order valence-electron chi connectivity index (χ4n) is 1.66. The molecule has 7 heteroatoms. The first-order valence-corrected chi connectivity index (χ1v) is 8.90. The topological polar surface area (TPSA) is 87.3 Å². The van der Waals surface area contributed by atoms with Crippen molar-refractivity contribution in [3.63, 3.8) is 0 Å².